The molecule has 31 heavy (non-hydrogen) atoms. The second-order valence-corrected chi connectivity index (χ2v) is 8.22. The van der Waals surface area contributed by atoms with E-state index >= 15 is 0 Å². The van der Waals surface area contributed by atoms with E-state index in [9.17, 15) is 23.5 Å². The van der Waals surface area contributed by atoms with Gasteiger partial charge in [-0.1, -0.05) is 42.2 Å². The van der Waals surface area contributed by atoms with Gasteiger partial charge in [0.1, 0.15) is 15.8 Å². The molecule has 1 fully saturated rings. The summed E-state index contributed by atoms with van der Waals surface area (Å²) >= 11 is 6.28. The highest BCUT2D eigenvalue weighted by molar-refractivity contribution is 8.26. The van der Waals surface area contributed by atoms with E-state index in [4.69, 9.17) is 12.2 Å². The molecule has 0 aliphatic carbocycles. The van der Waals surface area contributed by atoms with E-state index < -0.39 is 12.5 Å². The molecule has 2 aromatic carbocycles. The van der Waals surface area contributed by atoms with Crippen molar-refractivity contribution in [1.29, 1.82) is 0 Å². The fourth-order valence-electron chi connectivity index (χ4n) is 2.85. The van der Waals surface area contributed by atoms with Gasteiger partial charge in [-0.05, 0) is 42.8 Å². The summed E-state index contributed by atoms with van der Waals surface area (Å²) in [6.07, 6.45) is 1.45. The third kappa shape index (κ3) is 5.80. The number of rotatable bonds is 7. The Morgan fingerprint density at radius 3 is 2.77 bits per heavy atom. The topological polar surface area (TPSA) is 78.9 Å². The van der Waals surface area contributed by atoms with Crippen LogP contribution in [-0.2, 0) is 9.59 Å². The van der Waals surface area contributed by atoms with Crippen LogP contribution in [0.15, 0.2) is 47.4 Å². The Labute approximate surface area is 186 Å². The largest absolute Gasteiger partial charge is 0.508 e. The first-order valence-electron chi connectivity index (χ1n) is 9.13. The summed E-state index contributed by atoms with van der Waals surface area (Å²) in [6, 6.07) is 10.7. The molecule has 162 valence electrons. The number of ether oxygens (including phenoxy) is 1. The number of halogens is 2. The van der Waals surface area contributed by atoms with Crippen LogP contribution < -0.4 is 10.1 Å². The van der Waals surface area contributed by atoms with Crippen molar-refractivity contribution in [2.24, 2.45) is 0 Å². The number of carbonyl (C=O) groups excluding carboxylic acids is 2. The molecule has 2 amide bonds. The number of aryl methyl sites for hydroxylation is 1. The molecule has 0 saturated carbocycles. The molecule has 0 unspecified atom stereocenters. The number of hydrogen-bond donors (Lipinski definition) is 2. The molecule has 0 atom stereocenters. The Hall–Kier alpha value is -2.98. The van der Waals surface area contributed by atoms with E-state index in [-0.39, 0.29) is 39.6 Å². The van der Waals surface area contributed by atoms with E-state index in [2.05, 4.69) is 10.1 Å². The molecule has 0 bridgehead atoms. The van der Waals surface area contributed by atoms with E-state index in [0.29, 0.717) is 16.8 Å². The van der Waals surface area contributed by atoms with Crippen LogP contribution in [0.2, 0.25) is 0 Å². The first-order chi connectivity index (χ1) is 14.7. The number of phenolic OH excluding ortho intramolecular Hbond substituents is 1. The Balaban J connectivity index is 1.65. The zero-order valence-electron chi connectivity index (χ0n) is 16.3. The first kappa shape index (κ1) is 22.7. The van der Waals surface area contributed by atoms with Gasteiger partial charge < -0.3 is 15.2 Å². The molecule has 1 heterocycles. The van der Waals surface area contributed by atoms with Crippen LogP contribution in [-0.4, -0.2) is 39.3 Å². The molecular formula is C21H18F2N2O4S2. The molecule has 1 aliphatic rings. The zero-order valence-corrected chi connectivity index (χ0v) is 17.9. The fourth-order valence-corrected chi connectivity index (χ4v) is 4.15. The van der Waals surface area contributed by atoms with Gasteiger partial charge in [-0.15, -0.1) is 0 Å². The minimum atomic E-state index is -2.99. The predicted octanol–water partition coefficient (Wildman–Crippen LogP) is 4.53. The number of aromatic hydroxyl groups is 1. The van der Waals surface area contributed by atoms with Crippen molar-refractivity contribution in [3.05, 3.63) is 58.5 Å². The summed E-state index contributed by atoms with van der Waals surface area (Å²) in [6.45, 7) is -1.17. The summed E-state index contributed by atoms with van der Waals surface area (Å²) in [5, 5.41) is 12.2. The summed E-state index contributed by atoms with van der Waals surface area (Å²) in [5.41, 5.74) is 1.58. The number of amides is 2. The summed E-state index contributed by atoms with van der Waals surface area (Å²) in [7, 11) is 0. The van der Waals surface area contributed by atoms with E-state index in [1.807, 2.05) is 0 Å². The van der Waals surface area contributed by atoms with Crippen LogP contribution >= 0.6 is 24.0 Å². The quantitative estimate of drug-likeness (QED) is 0.356. The second-order valence-electron chi connectivity index (χ2n) is 6.55. The van der Waals surface area contributed by atoms with Gasteiger partial charge in [-0.2, -0.15) is 8.78 Å². The molecule has 1 saturated heterocycles. The zero-order chi connectivity index (χ0) is 22.5. The minimum Gasteiger partial charge on any atom is -0.508 e. The number of anilines is 1. The number of carbonyl (C=O) groups is 2. The van der Waals surface area contributed by atoms with Crippen LogP contribution in [0.25, 0.3) is 6.08 Å². The number of phenols is 1. The van der Waals surface area contributed by atoms with Crippen molar-refractivity contribution in [1.82, 2.24) is 4.90 Å². The van der Waals surface area contributed by atoms with Crippen molar-refractivity contribution in [2.45, 2.75) is 20.0 Å². The number of para-hydroxylation sites is 1. The van der Waals surface area contributed by atoms with Crippen LogP contribution in [0.3, 0.4) is 0 Å². The maximum absolute atomic E-state index is 12.7. The second kappa shape index (κ2) is 9.88. The first-order valence-corrected chi connectivity index (χ1v) is 10.4. The third-order valence-corrected chi connectivity index (χ3v) is 5.72. The molecule has 2 N–H and O–H groups in total. The molecule has 6 nitrogen and oxygen atoms in total. The number of nitrogens with one attached hydrogen (secondary N) is 1. The van der Waals surface area contributed by atoms with E-state index in [0.717, 1.165) is 11.8 Å². The van der Waals surface area contributed by atoms with Crippen molar-refractivity contribution in [3.63, 3.8) is 0 Å². The van der Waals surface area contributed by atoms with Crippen molar-refractivity contribution >= 4 is 51.9 Å². The van der Waals surface area contributed by atoms with E-state index in [1.165, 1.54) is 29.2 Å². The van der Waals surface area contributed by atoms with Gasteiger partial charge in [0.2, 0.25) is 5.91 Å². The van der Waals surface area contributed by atoms with Crippen molar-refractivity contribution < 1.29 is 28.2 Å². The Morgan fingerprint density at radius 2 is 2.06 bits per heavy atom. The van der Waals surface area contributed by atoms with Gasteiger partial charge in [-0.3, -0.25) is 14.5 Å². The van der Waals surface area contributed by atoms with Crippen molar-refractivity contribution in [2.75, 3.05) is 11.9 Å². The SMILES string of the molecule is Cc1cc(O)ccc1NC(=O)CCN1C(=O)/C(=C/c2ccccc2OC(F)F)SC1=S. The average Bonchev–Trinajstić information content (AvgIpc) is 2.96. The molecule has 0 spiro atoms. The number of thioether (sulfide) groups is 1. The average molecular weight is 465 g/mol. The lowest BCUT2D eigenvalue weighted by Crippen LogP contribution is -2.31. The lowest BCUT2D eigenvalue weighted by atomic mass is 10.2. The number of thiocarbonyl (C=S) groups is 1. The number of benzene rings is 2. The third-order valence-electron chi connectivity index (χ3n) is 4.34. The molecular weight excluding hydrogens is 446 g/mol. The lowest BCUT2D eigenvalue weighted by molar-refractivity contribution is -0.122. The van der Waals surface area contributed by atoms with Gasteiger partial charge in [0.25, 0.3) is 5.91 Å². The monoisotopic (exact) mass is 464 g/mol. The number of nitrogens with zero attached hydrogens (tertiary/aromatic N) is 1. The molecule has 3 rings (SSSR count). The van der Waals surface area contributed by atoms with Crippen LogP contribution in [0.4, 0.5) is 14.5 Å². The van der Waals surface area contributed by atoms with E-state index in [1.54, 1.807) is 31.2 Å². The smallest absolute Gasteiger partial charge is 0.387 e. The van der Waals surface area contributed by atoms with Crippen LogP contribution in [0, 0.1) is 6.92 Å². The van der Waals surface area contributed by atoms with Gasteiger partial charge in [0.05, 0.1) is 4.91 Å². The lowest BCUT2D eigenvalue weighted by Gasteiger charge is -2.15. The van der Waals surface area contributed by atoms with Gasteiger partial charge in [-0.25, -0.2) is 0 Å². The molecule has 1 aliphatic heterocycles. The number of hydrogen-bond acceptors (Lipinski definition) is 6. The van der Waals surface area contributed by atoms with Gasteiger partial charge >= 0.3 is 6.61 Å². The molecule has 10 heteroatoms. The van der Waals surface area contributed by atoms with Crippen LogP contribution in [0.1, 0.15) is 17.5 Å². The molecule has 0 aromatic heterocycles. The van der Waals surface area contributed by atoms with Gasteiger partial charge in [0, 0.05) is 24.2 Å². The Morgan fingerprint density at radius 1 is 1.32 bits per heavy atom. The Kier molecular flexibility index (Phi) is 7.24. The molecule has 0 radical (unpaired) electrons. The Bertz CT molecular complexity index is 1060. The summed E-state index contributed by atoms with van der Waals surface area (Å²) in [4.78, 5) is 26.5. The van der Waals surface area contributed by atoms with Crippen LogP contribution in [0.5, 0.6) is 11.5 Å². The minimum absolute atomic E-state index is 0.00508. The fraction of sp³-hybridized carbons (Fsp3) is 0.190. The van der Waals surface area contributed by atoms with Crippen molar-refractivity contribution in [3.8, 4) is 11.5 Å². The standard InChI is InChI=1S/C21H18F2N2O4S2/c1-12-10-14(26)6-7-15(12)24-18(27)8-9-25-19(28)17(31-21(25)30)11-13-4-2-3-5-16(13)29-20(22)23/h2-7,10-11,20,26H,8-9H2,1H3,(H,24,27)/b17-11-. The highest BCUT2D eigenvalue weighted by Crippen LogP contribution is 2.34. The predicted molar refractivity (Wildman–Crippen MR) is 119 cm³/mol. The maximum Gasteiger partial charge on any atom is 0.387 e. The summed E-state index contributed by atoms with van der Waals surface area (Å²) < 4.78 is 30.0. The normalized spacial score (nSPS) is 15.1. The number of alkyl halides is 2. The van der Waals surface area contributed by atoms with Gasteiger partial charge in [0.15, 0.2) is 0 Å². The molecule has 2 aromatic rings. The highest BCUT2D eigenvalue weighted by Gasteiger charge is 2.32. The summed E-state index contributed by atoms with van der Waals surface area (Å²) in [5.74, 6) is -0.676. The maximum atomic E-state index is 12.7. The highest BCUT2D eigenvalue weighted by atomic mass is 32.2.